The molecule has 0 bridgehead atoms. The van der Waals surface area contributed by atoms with Crippen molar-refractivity contribution in [3.8, 4) is 0 Å². The van der Waals surface area contributed by atoms with Gasteiger partial charge in [0.25, 0.3) is 0 Å². The Bertz CT molecular complexity index is 486. The molecule has 96 valence electrons. The second-order valence-corrected chi connectivity index (χ2v) is 4.36. The summed E-state index contributed by atoms with van der Waals surface area (Å²) in [6.45, 7) is 4.05. The van der Waals surface area contributed by atoms with Crippen molar-refractivity contribution < 1.29 is 9.90 Å². The molecule has 3 N–H and O–H groups in total. The average molecular weight is 265 g/mol. The number of aliphatic carboxylic acids is 1. The van der Waals surface area contributed by atoms with Gasteiger partial charge in [0.1, 0.15) is 6.21 Å². The number of carboxylic acid groups (broad SMARTS) is 1. The molecule has 0 aromatic heterocycles. The van der Waals surface area contributed by atoms with Crippen LogP contribution in [0.15, 0.2) is 29.4 Å². The van der Waals surface area contributed by atoms with E-state index in [2.05, 4.69) is 5.10 Å². The van der Waals surface area contributed by atoms with E-state index in [0.29, 0.717) is 5.69 Å². The average Bonchev–Trinajstić information content (AvgIpc) is 2.28. The number of hydrogen-bond donors (Lipinski definition) is 2. The predicted octanol–water partition coefficient (Wildman–Crippen LogP) is 1.93. The van der Waals surface area contributed by atoms with E-state index < -0.39 is 5.97 Å². The molecule has 1 aromatic rings. The van der Waals surface area contributed by atoms with Crippen LogP contribution >= 0.6 is 12.2 Å². The number of para-hydroxylation sites is 1. The summed E-state index contributed by atoms with van der Waals surface area (Å²) >= 11 is 4.89. The van der Waals surface area contributed by atoms with Crippen molar-refractivity contribution in [1.29, 1.82) is 0 Å². The minimum atomic E-state index is -1.15. The minimum absolute atomic E-state index is 0.000556. The molecule has 0 heterocycles. The van der Waals surface area contributed by atoms with E-state index in [0.717, 1.165) is 11.8 Å². The zero-order valence-corrected chi connectivity index (χ0v) is 11.0. The Morgan fingerprint density at radius 3 is 2.61 bits per heavy atom. The third-order valence-electron chi connectivity index (χ3n) is 2.28. The number of carbonyl (C=O) groups is 1. The number of hydrogen-bond acceptors (Lipinski definition) is 3. The molecule has 0 fully saturated rings. The summed E-state index contributed by atoms with van der Waals surface area (Å²) in [7, 11) is 0. The predicted molar refractivity (Wildman–Crippen MR) is 75.9 cm³/mol. The van der Waals surface area contributed by atoms with Crippen LogP contribution in [0, 0.1) is 0 Å². The quantitative estimate of drug-likeness (QED) is 0.494. The highest BCUT2D eigenvalue weighted by atomic mass is 32.1. The van der Waals surface area contributed by atoms with Crippen LogP contribution in [0.5, 0.6) is 0 Å². The van der Waals surface area contributed by atoms with E-state index in [1.165, 1.54) is 5.01 Å². The fourth-order valence-electron chi connectivity index (χ4n) is 1.51. The first kappa shape index (κ1) is 14.1. The number of nitrogens with two attached hydrogens (primary N) is 1. The van der Waals surface area contributed by atoms with Gasteiger partial charge in [-0.3, -0.25) is 0 Å². The van der Waals surface area contributed by atoms with Crippen LogP contribution in [0.3, 0.4) is 0 Å². The van der Waals surface area contributed by atoms with Crippen molar-refractivity contribution in [2.75, 3.05) is 5.01 Å². The van der Waals surface area contributed by atoms with Crippen LogP contribution in [0.25, 0.3) is 0 Å². The van der Waals surface area contributed by atoms with Gasteiger partial charge in [-0.1, -0.05) is 32.0 Å². The van der Waals surface area contributed by atoms with E-state index in [1.807, 2.05) is 32.0 Å². The first-order valence-electron chi connectivity index (χ1n) is 5.39. The van der Waals surface area contributed by atoms with Crippen LogP contribution in [0.2, 0.25) is 0 Å². The third kappa shape index (κ3) is 3.53. The fraction of sp³-hybridized carbons (Fsp3) is 0.250. The Kier molecular flexibility index (Phi) is 4.79. The highest BCUT2D eigenvalue weighted by Crippen LogP contribution is 2.27. The van der Waals surface area contributed by atoms with Crippen LogP contribution < -0.4 is 10.7 Å². The molecule has 0 aliphatic rings. The zero-order chi connectivity index (χ0) is 13.7. The molecule has 18 heavy (non-hydrogen) atoms. The van der Waals surface area contributed by atoms with Crippen LogP contribution in [0.4, 0.5) is 5.69 Å². The van der Waals surface area contributed by atoms with Crippen LogP contribution in [0.1, 0.15) is 25.3 Å². The summed E-state index contributed by atoms with van der Waals surface area (Å²) in [4.78, 5) is 10.5. The van der Waals surface area contributed by atoms with E-state index in [1.54, 1.807) is 6.07 Å². The first-order valence-corrected chi connectivity index (χ1v) is 5.79. The van der Waals surface area contributed by atoms with Gasteiger partial charge >= 0.3 is 5.97 Å². The van der Waals surface area contributed by atoms with Crippen molar-refractivity contribution in [2.24, 2.45) is 10.8 Å². The van der Waals surface area contributed by atoms with E-state index >= 15 is 0 Å². The van der Waals surface area contributed by atoms with Gasteiger partial charge in [-0.25, -0.2) is 9.80 Å². The van der Waals surface area contributed by atoms with Gasteiger partial charge in [0, 0.05) is 0 Å². The number of anilines is 1. The molecule has 0 amide bonds. The monoisotopic (exact) mass is 265 g/mol. The summed E-state index contributed by atoms with van der Waals surface area (Å²) in [6.07, 6.45) is 0.760. The Morgan fingerprint density at radius 2 is 2.11 bits per heavy atom. The van der Waals surface area contributed by atoms with Gasteiger partial charge in [-0.15, -0.1) is 0 Å². The lowest BCUT2D eigenvalue weighted by molar-refractivity contribution is -0.128. The molecule has 0 saturated carbocycles. The number of carboxylic acids is 1. The molecule has 0 unspecified atom stereocenters. The minimum Gasteiger partial charge on any atom is -0.477 e. The van der Waals surface area contributed by atoms with Gasteiger partial charge in [0.15, 0.2) is 5.11 Å². The zero-order valence-electron chi connectivity index (χ0n) is 10.2. The maximum atomic E-state index is 10.5. The SMILES string of the molecule is CC(C)c1ccccc1N(/N=C/C(=O)O)C(N)=S. The molecule has 1 rings (SSSR count). The molecule has 5 nitrogen and oxygen atoms in total. The number of benzene rings is 1. The third-order valence-corrected chi connectivity index (χ3v) is 2.45. The Balaban J connectivity index is 3.22. The lowest BCUT2D eigenvalue weighted by atomic mass is 10.0. The summed E-state index contributed by atoms with van der Waals surface area (Å²) in [5, 5.41) is 13.6. The van der Waals surface area contributed by atoms with Crippen molar-refractivity contribution in [3.05, 3.63) is 29.8 Å². The van der Waals surface area contributed by atoms with Gasteiger partial charge in [0.05, 0.1) is 5.69 Å². The van der Waals surface area contributed by atoms with Gasteiger partial charge in [-0.2, -0.15) is 5.10 Å². The topological polar surface area (TPSA) is 78.9 Å². The van der Waals surface area contributed by atoms with Crippen molar-refractivity contribution in [2.45, 2.75) is 19.8 Å². The van der Waals surface area contributed by atoms with Crippen molar-refractivity contribution in [1.82, 2.24) is 0 Å². The maximum Gasteiger partial charge on any atom is 0.348 e. The van der Waals surface area contributed by atoms with Crippen LogP contribution in [-0.4, -0.2) is 22.4 Å². The lowest BCUT2D eigenvalue weighted by Gasteiger charge is -2.21. The summed E-state index contributed by atoms with van der Waals surface area (Å²) in [5.41, 5.74) is 7.26. The number of thiocarbonyl (C=S) groups is 1. The van der Waals surface area contributed by atoms with Crippen molar-refractivity contribution in [3.63, 3.8) is 0 Å². The molecule has 6 heteroatoms. The first-order chi connectivity index (χ1) is 8.43. The number of hydrazone groups is 1. The van der Waals surface area contributed by atoms with Crippen LogP contribution in [-0.2, 0) is 4.79 Å². The standard InChI is InChI=1S/C12H15N3O2S/c1-8(2)9-5-3-4-6-10(9)15(12(13)18)14-7-11(16)17/h3-8H,1-2H3,(H2,13,18)(H,16,17)/b14-7+. The van der Waals surface area contributed by atoms with Gasteiger partial charge < -0.3 is 10.8 Å². The number of nitrogens with zero attached hydrogens (tertiary/aromatic N) is 2. The molecule has 0 spiro atoms. The largest absolute Gasteiger partial charge is 0.477 e. The molecule has 1 aromatic carbocycles. The molecule has 0 atom stereocenters. The maximum absolute atomic E-state index is 10.5. The normalized spacial score (nSPS) is 10.8. The Hall–Kier alpha value is -1.95. The van der Waals surface area contributed by atoms with E-state index in [9.17, 15) is 4.79 Å². The van der Waals surface area contributed by atoms with E-state index in [4.69, 9.17) is 23.1 Å². The Labute approximate surface area is 111 Å². The Morgan fingerprint density at radius 1 is 1.50 bits per heavy atom. The summed E-state index contributed by atoms with van der Waals surface area (Å²) < 4.78 is 0. The highest BCUT2D eigenvalue weighted by molar-refractivity contribution is 7.80. The lowest BCUT2D eigenvalue weighted by Crippen LogP contribution is -2.32. The molecule has 0 saturated heterocycles. The molecular formula is C12H15N3O2S. The van der Waals surface area contributed by atoms with Gasteiger partial charge in [0.2, 0.25) is 0 Å². The van der Waals surface area contributed by atoms with Gasteiger partial charge in [-0.05, 0) is 29.8 Å². The highest BCUT2D eigenvalue weighted by Gasteiger charge is 2.14. The summed E-state index contributed by atoms with van der Waals surface area (Å²) in [6, 6.07) is 7.45. The van der Waals surface area contributed by atoms with E-state index in [-0.39, 0.29) is 11.0 Å². The number of rotatable bonds is 4. The summed E-state index contributed by atoms with van der Waals surface area (Å²) in [5.74, 6) is -0.906. The molecule has 0 aliphatic carbocycles. The molecule has 0 radical (unpaired) electrons. The molecule has 0 aliphatic heterocycles. The van der Waals surface area contributed by atoms with Crippen molar-refractivity contribution >= 4 is 35.2 Å². The smallest absolute Gasteiger partial charge is 0.348 e. The fourth-order valence-corrected chi connectivity index (χ4v) is 1.66. The second-order valence-electron chi connectivity index (χ2n) is 3.95. The molecular weight excluding hydrogens is 250 g/mol. The second kappa shape index (κ2) is 6.11.